The summed E-state index contributed by atoms with van der Waals surface area (Å²) in [5.74, 6) is 0.649. The molecule has 0 aromatic heterocycles. The number of carbonyl (C=O) groups excluding carboxylic acids is 3. The van der Waals surface area contributed by atoms with Crippen molar-refractivity contribution < 1.29 is 19.1 Å². The lowest BCUT2D eigenvalue weighted by atomic mass is 9.65. The average Bonchev–Trinajstić information content (AvgIpc) is 2.95. The number of rotatable bonds is 8. The van der Waals surface area contributed by atoms with Gasteiger partial charge in [-0.2, -0.15) is 0 Å². The third-order valence-corrected chi connectivity index (χ3v) is 7.09. The molecular weight excluding hydrogens is 394 g/mol. The highest BCUT2D eigenvalue weighted by Crippen LogP contribution is 2.45. The molecule has 2 aliphatic rings. The topological polar surface area (TPSA) is 87.7 Å². The summed E-state index contributed by atoms with van der Waals surface area (Å²) in [4.78, 5) is 38.9. The van der Waals surface area contributed by atoms with Crippen LogP contribution in [0.25, 0.3) is 0 Å². The average molecular weight is 430 g/mol. The first-order valence-electron chi connectivity index (χ1n) is 11.3. The van der Waals surface area contributed by atoms with E-state index in [1.807, 2.05) is 31.2 Å². The molecular formula is C24H35N3O4. The highest BCUT2D eigenvalue weighted by atomic mass is 16.5. The Labute approximate surface area is 184 Å². The van der Waals surface area contributed by atoms with Crippen LogP contribution in [0.5, 0.6) is 5.75 Å². The van der Waals surface area contributed by atoms with Crippen LogP contribution in [0.4, 0.5) is 4.79 Å². The van der Waals surface area contributed by atoms with E-state index in [-0.39, 0.29) is 23.8 Å². The molecule has 31 heavy (non-hydrogen) atoms. The van der Waals surface area contributed by atoms with Crippen molar-refractivity contribution in [1.29, 1.82) is 0 Å². The van der Waals surface area contributed by atoms with Crippen molar-refractivity contribution in [2.24, 2.45) is 11.3 Å². The first-order chi connectivity index (χ1) is 14.7. The predicted molar refractivity (Wildman–Crippen MR) is 119 cm³/mol. The zero-order valence-electron chi connectivity index (χ0n) is 19.1. The quantitative estimate of drug-likeness (QED) is 0.490. The molecule has 0 radical (unpaired) electrons. The largest absolute Gasteiger partial charge is 0.492 e. The van der Waals surface area contributed by atoms with Crippen LogP contribution in [0.2, 0.25) is 0 Å². The van der Waals surface area contributed by atoms with E-state index < -0.39 is 11.6 Å². The third-order valence-electron chi connectivity index (χ3n) is 7.09. The fraction of sp³-hybridized carbons (Fsp3) is 0.625. The molecule has 1 aliphatic carbocycles. The Bertz CT molecular complexity index is 828. The Morgan fingerprint density at radius 3 is 2.65 bits per heavy atom. The summed E-state index contributed by atoms with van der Waals surface area (Å²) in [6.07, 6.45) is 4.17. The number of ether oxygens (including phenoxy) is 1. The van der Waals surface area contributed by atoms with Gasteiger partial charge in [-0.1, -0.05) is 39.3 Å². The van der Waals surface area contributed by atoms with Gasteiger partial charge in [0.15, 0.2) is 0 Å². The van der Waals surface area contributed by atoms with Crippen molar-refractivity contribution >= 4 is 17.8 Å². The minimum Gasteiger partial charge on any atom is -0.492 e. The van der Waals surface area contributed by atoms with Crippen molar-refractivity contribution in [3.05, 3.63) is 29.8 Å². The van der Waals surface area contributed by atoms with Gasteiger partial charge < -0.3 is 15.4 Å². The smallest absolute Gasteiger partial charge is 0.325 e. The van der Waals surface area contributed by atoms with E-state index >= 15 is 0 Å². The second kappa shape index (κ2) is 9.28. The van der Waals surface area contributed by atoms with Crippen LogP contribution in [0.15, 0.2) is 24.3 Å². The van der Waals surface area contributed by atoms with Crippen molar-refractivity contribution in [1.82, 2.24) is 15.5 Å². The molecule has 1 aromatic rings. The van der Waals surface area contributed by atoms with Crippen molar-refractivity contribution in [2.75, 3.05) is 19.7 Å². The number of aryl methyl sites for hydroxylation is 1. The number of urea groups is 1. The van der Waals surface area contributed by atoms with E-state index in [4.69, 9.17) is 4.74 Å². The number of benzene rings is 1. The monoisotopic (exact) mass is 429 g/mol. The van der Waals surface area contributed by atoms with E-state index in [1.54, 1.807) is 0 Å². The normalized spacial score (nSPS) is 23.7. The molecule has 1 saturated carbocycles. The van der Waals surface area contributed by atoms with Crippen LogP contribution < -0.4 is 15.4 Å². The van der Waals surface area contributed by atoms with Crippen LogP contribution in [-0.2, 0) is 9.59 Å². The SMILES string of the molecule is CCC(C)(C)C1CCC2(CC1)NC(=O)N(CC(=O)NCCOc1cccc(C)c1)C2=O. The second-order valence-electron chi connectivity index (χ2n) is 9.53. The first-order valence-corrected chi connectivity index (χ1v) is 11.3. The summed E-state index contributed by atoms with van der Waals surface area (Å²) in [5, 5.41) is 5.61. The molecule has 1 saturated heterocycles. The van der Waals surface area contributed by atoms with Crippen LogP contribution in [0, 0.1) is 18.3 Å². The van der Waals surface area contributed by atoms with Crippen LogP contribution >= 0.6 is 0 Å². The van der Waals surface area contributed by atoms with E-state index in [0.717, 1.165) is 35.5 Å². The Balaban J connectivity index is 1.47. The first kappa shape index (κ1) is 23.1. The highest BCUT2D eigenvalue weighted by molar-refractivity contribution is 6.09. The van der Waals surface area contributed by atoms with Gasteiger partial charge in [0.25, 0.3) is 5.91 Å². The third kappa shape index (κ3) is 5.20. The lowest BCUT2D eigenvalue weighted by Gasteiger charge is -2.42. The summed E-state index contributed by atoms with van der Waals surface area (Å²) in [7, 11) is 0. The van der Waals surface area contributed by atoms with Gasteiger partial charge in [-0.3, -0.25) is 14.5 Å². The minimum atomic E-state index is -0.841. The maximum absolute atomic E-state index is 13.0. The standard InChI is InChI=1S/C24H35N3O4/c1-5-23(3,4)18-9-11-24(12-10-18)21(29)27(22(30)26-24)16-20(28)25-13-14-31-19-8-6-7-17(2)15-19/h6-8,15,18H,5,9-14,16H2,1-4H3,(H,25,28)(H,26,30). The maximum Gasteiger partial charge on any atom is 0.325 e. The lowest BCUT2D eigenvalue weighted by Crippen LogP contribution is -2.51. The molecule has 1 heterocycles. The van der Waals surface area contributed by atoms with Gasteiger partial charge >= 0.3 is 6.03 Å². The second-order valence-corrected chi connectivity index (χ2v) is 9.53. The molecule has 7 nitrogen and oxygen atoms in total. The molecule has 0 unspecified atom stereocenters. The molecule has 4 amide bonds. The fourth-order valence-electron chi connectivity index (χ4n) is 4.60. The molecule has 1 spiro atoms. The van der Waals surface area contributed by atoms with Crippen molar-refractivity contribution in [2.45, 2.75) is 65.3 Å². The van der Waals surface area contributed by atoms with E-state index in [1.165, 1.54) is 0 Å². The van der Waals surface area contributed by atoms with Gasteiger partial charge in [0.2, 0.25) is 5.91 Å². The zero-order chi connectivity index (χ0) is 22.6. The highest BCUT2D eigenvalue weighted by Gasteiger charge is 2.53. The number of nitrogens with zero attached hydrogens (tertiary/aromatic N) is 1. The number of imide groups is 1. The molecule has 0 atom stereocenters. The number of amides is 4. The Morgan fingerprint density at radius 2 is 2.00 bits per heavy atom. The number of carbonyl (C=O) groups is 3. The molecule has 2 fully saturated rings. The van der Waals surface area contributed by atoms with Gasteiger partial charge in [-0.25, -0.2) is 4.79 Å². The van der Waals surface area contributed by atoms with Gasteiger partial charge in [-0.05, 0) is 61.6 Å². The molecule has 3 rings (SSSR count). The van der Waals surface area contributed by atoms with Crippen LogP contribution in [-0.4, -0.2) is 48.0 Å². The predicted octanol–water partition coefficient (Wildman–Crippen LogP) is 3.41. The summed E-state index contributed by atoms with van der Waals surface area (Å²) in [5.41, 5.74) is 0.487. The lowest BCUT2D eigenvalue weighted by molar-refractivity contribution is -0.136. The molecule has 2 N–H and O–H groups in total. The summed E-state index contributed by atoms with van der Waals surface area (Å²) in [6, 6.07) is 7.21. The van der Waals surface area contributed by atoms with E-state index in [2.05, 4.69) is 31.4 Å². The Kier molecular flexibility index (Phi) is 6.92. The van der Waals surface area contributed by atoms with Gasteiger partial charge in [0.05, 0.1) is 6.54 Å². The molecule has 0 bridgehead atoms. The molecule has 1 aliphatic heterocycles. The number of hydrogen-bond donors (Lipinski definition) is 2. The van der Waals surface area contributed by atoms with Gasteiger partial charge in [0, 0.05) is 0 Å². The molecule has 170 valence electrons. The van der Waals surface area contributed by atoms with Gasteiger partial charge in [0.1, 0.15) is 24.4 Å². The Hall–Kier alpha value is -2.57. The van der Waals surface area contributed by atoms with Crippen molar-refractivity contribution in [3.8, 4) is 5.75 Å². The minimum absolute atomic E-state index is 0.230. The number of hydrogen-bond acceptors (Lipinski definition) is 4. The Morgan fingerprint density at radius 1 is 1.29 bits per heavy atom. The summed E-state index contributed by atoms with van der Waals surface area (Å²) < 4.78 is 5.61. The number of nitrogens with one attached hydrogen (secondary N) is 2. The van der Waals surface area contributed by atoms with Gasteiger partial charge in [-0.15, -0.1) is 0 Å². The summed E-state index contributed by atoms with van der Waals surface area (Å²) >= 11 is 0. The summed E-state index contributed by atoms with van der Waals surface area (Å²) in [6.45, 7) is 9.06. The van der Waals surface area contributed by atoms with Crippen LogP contribution in [0.3, 0.4) is 0 Å². The molecule has 7 heteroatoms. The van der Waals surface area contributed by atoms with E-state index in [0.29, 0.717) is 31.9 Å². The van der Waals surface area contributed by atoms with Crippen molar-refractivity contribution in [3.63, 3.8) is 0 Å². The van der Waals surface area contributed by atoms with Crippen LogP contribution in [0.1, 0.15) is 58.4 Å². The fourth-order valence-corrected chi connectivity index (χ4v) is 4.60. The molecule has 1 aromatic carbocycles. The maximum atomic E-state index is 13.0. The van der Waals surface area contributed by atoms with E-state index in [9.17, 15) is 14.4 Å². The zero-order valence-corrected chi connectivity index (χ0v) is 19.1.